The minimum Gasteiger partial charge on any atom is -0.493 e. The Morgan fingerprint density at radius 2 is 2.00 bits per heavy atom. The average molecular weight is 471 g/mol. The number of carbonyl (C=O) groups excluding carboxylic acids is 1. The van der Waals surface area contributed by atoms with Crippen molar-refractivity contribution in [1.29, 1.82) is 0 Å². The van der Waals surface area contributed by atoms with Crippen LogP contribution in [0.25, 0.3) is 0 Å². The lowest BCUT2D eigenvalue weighted by Gasteiger charge is -2.10. The number of carbonyl (C=O) groups is 1. The van der Waals surface area contributed by atoms with Crippen molar-refractivity contribution in [2.75, 3.05) is 12.5 Å². The summed E-state index contributed by atoms with van der Waals surface area (Å²) in [5.74, 6) is -0.190. The Labute approximate surface area is 187 Å². The van der Waals surface area contributed by atoms with E-state index in [0.717, 1.165) is 12.1 Å². The fourth-order valence-corrected chi connectivity index (χ4v) is 3.14. The molecule has 0 aliphatic carbocycles. The predicted molar refractivity (Wildman–Crippen MR) is 118 cm³/mol. The first-order valence-corrected chi connectivity index (χ1v) is 10.6. The maximum Gasteiger partial charge on any atom is 0.345 e. The first-order valence-electron chi connectivity index (χ1n) is 9.09. The Kier molecular flexibility index (Phi) is 6.95. The number of nitrogens with one attached hydrogen (secondary N) is 1. The number of methoxy groups -OCH3 is 1. The topological polar surface area (TPSA) is 176 Å². The number of pyridine rings is 1. The van der Waals surface area contributed by atoms with E-state index < -0.39 is 31.5 Å². The van der Waals surface area contributed by atoms with Gasteiger partial charge < -0.3 is 9.47 Å². The van der Waals surface area contributed by atoms with Gasteiger partial charge >= 0.3 is 5.97 Å². The van der Waals surface area contributed by atoms with Gasteiger partial charge in [0, 0.05) is 18.5 Å². The summed E-state index contributed by atoms with van der Waals surface area (Å²) >= 11 is 0. The fraction of sp³-hybridized carbons (Fsp3) is 0.0500. The van der Waals surface area contributed by atoms with E-state index in [0.29, 0.717) is 5.56 Å². The molecule has 12 nitrogen and oxygen atoms in total. The molecule has 0 fully saturated rings. The summed E-state index contributed by atoms with van der Waals surface area (Å²) in [6.07, 6.45) is 4.24. The molecule has 13 heteroatoms. The SMILES string of the molecule is COc1cc(/C=N\Nc2ccc(S(N)(=O)=O)cc2[N+](=O)[O-])ccc1OC(=O)c1cccnc1. The van der Waals surface area contributed by atoms with E-state index >= 15 is 0 Å². The second-order valence-corrected chi connectivity index (χ2v) is 7.95. The zero-order valence-electron chi connectivity index (χ0n) is 17.0. The van der Waals surface area contributed by atoms with Gasteiger partial charge in [-0.3, -0.25) is 20.5 Å². The molecule has 0 amide bonds. The van der Waals surface area contributed by atoms with Crippen LogP contribution in [-0.2, 0) is 10.0 Å². The highest BCUT2D eigenvalue weighted by Crippen LogP contribution is 2.29. The van der Waals surface area contributed by atoms with Gasteiger partial charge in [0.1, 0.15) is 5.69 Å². The van der Waals surface area contributed by atoms with Crippen molar-refractivity contribution in [2.45, 2.75) is 4.90 Å². The van der Waals surface area contributed by atoms with Crippen LogP contribution in [0, 0.1) is 10.1 Å². The molecule has 0 spiro atoms. The Bertz CT molecular complexity index is 1330. The smallest absolute Gasteiger partial charge is 0.345 e. The molecule has 33 heavy (non-hydrogen) atoms. The van der Waals surface area contributed by atoms with Gasteiger partial charge in [-0.1, -0.05) is 0 Å². The van der Waals surface area contributed by atoms with Crippen LogP contribution >= 0.6 is 0 Å². The van der Waals surface area contributed by atoms with Gasteiger partial charge in [0.25, 0.3) is 5.69 Å². The summed E-state index contributed by atoms with van der Waals surface area (Å²) in [5.41, 5.74) is 2.71. The molecular formula is C20H17N5O7S. The number of nitro benzene ring substituents is 1. The fourth-order valence-electron chi connectivity index (χ4n) is 2.60. The zero-order chi connectivity index (χ0) is 24.0. The predicted octanol–water partition coefficient (Wildman–Crippen LogP) is 2.31. The van der Waals surface area contributed by atoms with Crippen molar-refractivity contribution in [3.05, 3.63) is 82.2 Å². The van der Waals surface area contributed by atoms with E-state index in [1.807, 2.05) is 0 Å². The maximum absolute atomic E-state index is 12.2. The number of nitrogens with two attached hydrogens (primary N) is 1. The number of esters is 1. The van der Waals surface area contributed by atoms with E-state index in [-0.39, 0.29) is 22.7 Å². The Hall–Kier alpha value is -4.36. The van der Waals surface area contributed by atoms with E-state index in [1.165, 1.54) is 43.9 Å². The Balaban J connectivity index is 1.77. The van der Waals surface area contributed by atoms with Crippen LogP contribution in [0.1, 0.15) is 15.9 Å². The minimum absolute atomic E-state index is 0.0439. The molecule has 0 aliphatic heterocycles. The van der Waals surface area contributed by atoms with Crippen molar-refractivity contribution < 1.29 is 27.6 Å². The number of hydrogen-bond donors (Lipinski definition) is 2. The Morgan fingerprint density at radius 1 is 1.21 bits per heavy atom. The number of anilines is 1. The third-order valence-corrected chi connectivity index (χ3v) is 5.09. The number of primary sulfonamides is 1. The number of ether oxygens (including phenoxy) is 2. The van der Waals surface area contributed by atoms with E-state index in [4.69, 9.17) is 14.6 Å². The largest absolute Gasteiger partial charge is 0.493 e. The normalized spacial score (nSPS) is 11.2. The van der Waals surface area contributed by atoms with Crippen molar-refractivity contribution >= 4 is 33.6 Å². The number of rotatable bonds is 8. The lowest BCUT2D eigenvalue weighted by atomic mass is 10.2. The van der Waals surface area contributed by atoms with Crippen LogP contribution in [0.3, 0.4) is 0 Å². The molecule has 1 heterocycles. The summed E-state index contributed by atoms with van der Waals surface area (Å²) in [6.45, 7) is 0. The number of aromatic nitrogens is 1. The quantitative estimate of drug-likeness (QED) is 0.164. The van der Waals surface area contributed by atoms with Gasteiger partial charge in [-0.05, 0) is 48.0 Å². The van der Waals surface area contributed by atoms with Crippen molar-refractivity contribution in [2.24, 2.45) is 10.2 Å². The summed E-state index contributed by atoms with van der Waals surface area (Å²) in [5, 5.41) is 20.2. The van der Waals surface area contributed by atoms with Crippen LogP contribution in [0.2, 0.25) is 0 Å². The molecule has 0 atom stereocenters. The summed E-state index contributed by atoms with van der Waals surface area (Å²) in [7, 11) is -2.71. The van der Waals surface area contributed by atoms with Gasteiger partial charge in [-0.2, -0.15) is 5.10 Å². The molecular weight excluding hydrogens is 454 g/mol. The standard InChI is InChI=1S/C20H17N5O7S/c1-31-19-9-13(4-7-18(19)32-20(26)14-3-2-8-22-12-14)11-23-24-16-6-5-15(33(21,29)30)10-17(16)25(27)28/h2-12,24H,1H3,(H2,21,29,30)/b23-11-. The molecule has 0 saturated carbocycles. The number of hydrazone groups is 1. The summed E-state index contributed by atoms with van der Waals surface area (Å²) < 4.78 is 33.4. The molecule has 0 unspecified atom stereocenters. The summed E-state index contributed by atoms with van der Waals surface area (Å²) in [4.78, 5) is 26.2. The molecule has 0 saturated heterocycles. The summed E-state index contributed by atoms with van der Waals surface area (Å²) in [6, 6.07) is 10.9. The molecule has 170 valence electrons. The van der Waals surface area contributed by atoms with Crippen LogP contribution in [0.4, 0.5) is 11.4 Å². The molecule has 0 bridgehead atoms. The molecule has 0 radical (unpaired) electrons. The van der Waals surface area contributed by atoms with Crippen LogP contribution < -0.4 is 20.0 Å². The van der Waals surface area contributed by atoms with Crippen molar-refractivity contribution in [3.63, 3.8) is 0 Å². The van der Waals surface area contributed by atoms with Crippen LogP contribution in [0.5, 0.6) is 11.5 Å². The number of nitrogens with zero attached hydrogens (tertiary/aromatic N) is 3. The highest BCUT2D eigenvalue weighted by atomic mass is 32.2. The van der Waals surface area contributed by atoms with Gasteiger partial charge in [0.05, 0.1) is 28.7 Å². The van der Waals surface area contributed by atoms with Crippen LogP contribution in [-0.4, -0.2) is 37.6 Å². The first kappa shape index (κ1) is 23.3. The highest BCUT2D eigenvalue weighted by molar-refractivity contribution is 7.89. The van der Waals surface area contributed by atoms with Gasteiger partial charge in [0.2, 0.25) is 10.0 Å². The zero-order valence-corrected chi connectivity index (χ0v) is 17.9. The lowest BCUT2D eigenvalue weighted by molar-refractivity contribution is -0.384. The monoisotopic (exact) mass is 471 g/mol. The average Bonchev–Trinajstić information content (AvgIpc) is 2.79. The molecule has 3 rings (SSSR count). The second kappa shape index (κ2) is 9.84. The lowest BCUT2D eigenvalue weighted by Crippen LogP contribution is -2.12. The van der Waals surface area contributed by atoms with Gasteiger partial charge in [-0.25, -0.2) is 18.4 Å². The van der Waals surface area contributed by atoms with E-state index in [1.54, 1.807) is 18.2 Å². The van der Waals surface area contributed by atoms with Gasteiger partial charge in [-0.15, -0.1) is 0 Å². The molecule has 1 aromatic heterocycles. The molecule has 3 N–H and O–H groups in total. The first-order chi connectivity index (χ1) is 15.7. The molecule has 2 aromatic carbocycles. The second-order valence-electron chi connectivity index (χ2n) is 6.39. The highest BCUT2D eigenvalue weighted by Gasteiger charge is 2.19. The van der Waals surface area contributed by atoms with E-state index in [2.05, 4.69) is 15.5 Å². The van der Waals surface area contributed by atoms with Gasteiger partial charge in [0.15, 0.2) is 11.5 Å². The maximum atomic E-state index is 12.2. The van der Waals surface area contributed by atoms with Crippen LogP contribution in [0.15, 0.2) is 70.9 Å². The third-order valence-electron chi connectivity index (χ3n) is 4.18. The van der Waals surface area contributed by atoms with E-state index in [9.17, 15) is 23.3 Å². The number of nitro groups is 1. The minimum atomic E-state index is -4.10. The Morgan fingerprint density at radius 3 is 2.64 bits per heavy atom. The number of sulfonamides is 1. The van der Waals surface area contributed by atoms with Crippen molar-refractivity contribution in [1.82, 2.24) is 4.98 Å². The number of hydrogen-bond acceptors (Lipinski definition) is 10. The van der Waals surface area contributed by atoms with Crippen molar-refractivity contribution in [3.8, 4) is 11.5 Å². The molecule has 3 aromatic rings. The third kappa shape index (κ3) is 5.87. The molecule has 0 aliphatic rings. The number of benzene rings is 2.